The van der Waals surface area contributed by atoms with Gasteiger partial charge in [0.05, 0.1) is 24.9 Å². The first-order chi connectivity index (χ1) is 17.4. The summed E-state index contributed by atoms with van der Waals surface area (Å²) in [5, 5.41) is 6.46. The van der Waals surface area contributed by atoms with Gasteiger partial charge in [-0.1, -0.05) is 41.1 Å². The van der Waals surface area contributed by atoms with Crippen LogP contribution in [-0.4, -0.2) is 37.1 Å². The summed E-state index contributed by atoms with van der Waals surface area (Å²) in [6.45, 7) is 4.17. The normalized spacial score (nSPS) is 10.6. The molecule has 0 unspecified atom stereocenters. The molecule has 0 fully saturated rings. The van der Waals surface area contributed by atoms with E-state index in [0.29, 0.717) is 29.0 Å². The van der Waals surface area contributed by atoms with Gasteiger partial charge in [-0.2, -0.15) is 5.10 Å². The van der Waals surface area contributed by atoms with E-state index in [1.807, 2.05) is 26.0 Å². The van der Waals surface area contributed by atoms with Crippen LogP contribution >= 0.6 is 15.9 Å². The highest BCUT2D eigenvalue weighted by atomic mass is 79.9. The van der Waals surface area contributed by atoms with E-state index in [1.54, 1.807) is 54.6 Å². The van der Waals surface area contributed by atoms with E-state index in [1.165, 1.54) is 6.21 Å². The van der Waals surface area contributed by atoms with Crippen LogP contribution < -0.4 is 20.2 Å². The first-order valence-corrected chi connectivity index (χ1v) is 12.1. The predicted octanol–water partition coefficient (Wildman–Crippen LogP) is 4.65. The molecule has 0 aliphatic heterocycles. The van der Waals surface area contributed by atoms with E-state index >= 15 is 0 Å². The first kappa shape index (κ1) is 26.6. The molecule has 186 valence electrons. The minimum Gasteiger partial charge on any atom is -0.494 e. The van der Waals surface area contributed by atoms with Gasteiger partial charge in [0.2, 0.25) is 0 Å². The Balaban J connectivity index is 1.55. The number of rotatable bonds is 10. The summed E-state index contributed by atoms with van der Waals surface area (Å²) in [5.74, 6) is -0.451. The molecule has 0 bridgehead atoms. The van der Waals surface area contributed by atoms with Gasteiger partial charge in [0.1, 0.15) is 11.5 Å². The fraction of sp³-hybridized carbons (Fsp3) is 0.185. The number of carbonyl (C=O) groups excluding carboxylic acids is 3. The van der Waals surface area contributed by atoms with Crippen LogP contribution in [0.2, 0.25) is 0 Å². The smallest absolute Gasteiger partial charge is 0.343 e. The molecule has 0 atom stereocenters. The van der Waals surface area contributed by atoms with Crippen LogP contribution in [-0.2, 0) is 4.79 Å². The van der Waals surface area contributed by atoms with Crippen molar-refractivity contribution in [2.45, 2.75) is 20.3 Å². The number of aryl methyl sites for hydroxylation is 1. The molecule has 9 heteroatoms. The first-order valence-electron chi connectivity index (χ1n) is 11.3. The molecule has 8 nitrogen and oxygen atoms in total. The molecule has 3 aromatic rings. The minimum atomic E-state index is -0.518. The maximum atomic E-state index is 12.6. The van der Waals surface area contributed by atoms with E-state index in [2.05, 4.69) is 31.8 Å². The minimum absolute atomic E-state index is 0.266. The van der Waals surface area contributed by atoms with E-state index in [-0.39, 0.29) is 12.3 Å². The largest absolute Gasteiger partial charge is 0.494 e. The van der Waals surface area contributed by atoms with E-state index in [0.717, 1.165) is 16.5 Å². The number of esters is 1. The van der Waals surface area contributed by atoms with Gasteiger partial charge >= 0.3 is 5.97 Å². The lowest BCUT2D eigenvalue weighted by Gasteiger charge is -2.09. The standard InChI is InChI=1S/C27H26BrN3O5/c1-3-14-35-22-11-8-19(9-12-22)26(33)29-17-25(32)31-30-16-20-15-21(28)10-13-24(20)36-27(34)23-7-5-4-6-18(23)2/h4-13,15-16H,3,14,17H2,1-2H3,(H,29,33)(H,31,32)/b30-16+. The molecular weight excluding hydrogens is 526 g/mol. The van der Waals surface area contributed by atoms with Crippen LogP contribution in [0.5, 0.6) is 11.5 Å². The van der Waals surface area contributed by atoms with E-state index < -0.39 is 17.8 Å². The summed E-state index contributed by atoms with van der Waals surface area (Å²) in [4.78, 5) is 37.0. The third-order valence-electron chi connectivity index (χ3n) is 4.93. The number of benzene rings is 3. The van der Waals surface area contributed by atoms with Gasteiger partial charge < -0.3 is 14.8 Å². The summed E-state index contributed by atoms with van der Waals surface area (Å²) in [7, 11) is 0. The van der Waals surface area contributed by atoms with Crippen molar-refractivity contribution in [2.24, 2.45) is 5.10 Å². The zero-order valence-electron chi connectivity index (χ0n) is 19.9. The summed E-state index contributed by atoms with van der Waals surface area (Å²) >= 11 is 3.37. The van der Waals surface area contributed by atoms with Crippen LogP contribution in [0.4, 0.5) is 0 Å². The highest BCUT2D eigenvalue weighted by Crippen LogP contribution is 2.23. The maximum absolute atomic E-state index is 12.6. The van der Waals surface area contributed by atoms with Gasteiger partial charge in [-0.25, -0.2) is 10.2 Å². The number of ether oxygens (including phenoxy) is 2. The lowest BCUT2D eigenvalue weighted by Crippen LogP contribution is -2.34. The Morgan fingerprint density at radius 3 is 2.50 bits per heavy atom. The monoisotopic (exact) mass is 551 g/mol. The van der Waals surface area contributed by atoms with Crippen molar-refractivity contribution in [1.82, 2.24) is 10.7 Å². The van der Waals surface area contributed by atoms with Crippen molar-refractivity contribution < 1.29 is 23.9 Å². The predicted molar refractivity (Wildman–Crippen MR) is 141 cm³/mol. The Morgan fingerprint density at radius 1 is 1.03 bits per heavy atom. The second-order valence-electron chi connectivity index (χ2n) is 7.74. The fourth-order valence-corrected chi connectivity index (χ4v) is 3.45. The highest BCUT2D eigenvalue weighted by Gasteiger charge is 2.14. The van der Waals surface area contributed by atoms with Crippen molar-refractivity contribution in [1.29, 1.82) is 0 Å². The summed E-state index contributed by atoms with van der Waals surface area (Å²) < 4.78 is 11.8. The van der Waals surface area contributed by atoms with Crippen LogP contribution in [0.25, 0.3) is 0 Å². The number of amides is 2. The molecule has 0 aromatic heterocycles. The maximum Gasteiger partial charge on any atom is 0.343 e. The molecule has 0 aliphatic rings. The molecular formula is C27H26BrN3O5. The summed E-state index contributed by atoms with van der Waals surface area (Å²) in [6, 6.07) is 18.8. The number of halogens is 1. The van der Waals surface area contributed by atoms with Gasteiger partial charge in [-0.05, 0) is 67.4 Å². The average Bonchev–Trinajstić information content (AvgIpc) is 2.88. The van der Waals surface area contributed by atoms with Crippen molar-refractivity contribution in [2.75, 3.05) is 13.2 Å². The number of nitrogens with one attached hydrogen (secondary N) is 2. The van der Waals surface area contributed by atoms with Crippen molar-refractivity contribution >= 4 is 39.9 Å². The second kappa shape index (κ2) is 13.2. The Hall–Kier alpha value is -3.98. The highest BCUT2D eigenvalue weighted by molar-refractivity contribution is 9.10. The van der Waals surface area contributed by atoms with E-state index in [4.69, 9.17) is 9.47 Å². The summed E-state index contributed by atoms with van der Waals surface area (Å²) in [5.41, 5.74) is 4.48. The Bertz CT molecular complexity index is 1260. The van der Waals surface area contributed by atoms with Gasteiger partial charge in [0, 0.05) is 15.6 Å². The Labute approximate surface area is 217 Å². The quantitative estimate of drug-likeness (QED) is 0.165. The number of hydrogen-bond donors (Lipinski definition) is 2. The lowest BCUT2D eigenvalue weighted by atomic mass is 10.1. The number of nitrogens with zero attached hydrogens (tertiary/aromatic N) is 1. The molecule has 0 radical (unpaired) electrons. The van der Waals surface area contributed by atoms with Crippen LogP contribution in [0, 0.1) is 6.92 Å². The van der Waals surface area contributed by atoms with Gasteiger partial charge in [0.25, 0.3) is 11.8 Å². The van der Waals surface area contributed by atoms with Crippen molar-refractivity contribution in [3.63, 3.8) is 0 Å². The number of hydrogen-bond acceptors (Lipinski definition) is 6. The third-order valence-corrected chi connectivity index (χ3v) is 5.42. The molecule has 2 N–H and O–H groups in total. The average molecular weight is 552 g/mol. The Kier molecular flexibility index (Phi) is 9.76. The van der Waals surface area contributed by atoms with E-state index in [9.17, 15) is 14.4 Å². The van der Waals surface area contributed by atoms with Gasteiger partial charge in [0.15, 0.2) is 0 Å². The molecule has 0 saturated heterocycles. The lowest BCUT2D eigenvalue weighted by molar-refractivity contribution is -0.120. The third kappa shape index (κ3) is 7.78. The summed E-state index contributed by atoms with van der Waals surface area (Å²) in [6.07, 6.45) is 2.25. The van der Waals surface area contributed by atoms with Gasteiger partial charge in [-0.15, -0.1) is 0 Å². The van der Waals surface area contributed by atoms with Crippen molar-refractivity contribution in [3.05, 3.63) is 93.5 Å². The van der Waals surface area contributed by atoms with Crippen LogP contribution in [0.1, 0.15) is 45.2 Å². The topological polar surface area (TPSA) is 106 Å². The number of carbonyl (C=O) groups is 3. The van der Waals surface area contributed by atoms with Crippen molar-refractivity contribution in [3.8, 4) is 11.5 Å². The van der Waals surface area contributed by atoms with Crippen LogP contribution in [0.15, 0.2) is 76.3 Å². The second-order valence-corrected chi connectivity index (χ2v) is 8.65. The molecule has 3 aromatic carbocycles. The molecule has 0 aliphatic carbocycles. The zero-order valence-corrected chi connectivity index (χ0v) is 21.5. The molecule has 36 heavy (non-hydrogen) atoms. The molecule has 2 amide bonds. The molecule has 0 saturated carbocycles. The molecule has 0 heterocycles. The SMILES string of the molecule is CCCOc1ccc(C(=O)NCC(=O)N/N=C/c2cc(Br)ccc2OC(=O)c2ccccc2C)cc1. The molecule has 0 spiro atoms. The zero-order chi connectivity index (χ0) is 25.9. The Morgan fingerprint density at radius 2 is 1.78 bits per heavy atom. The van der Waals surface area contributed by atoms with Crippen LogP contribution in [0.3, 0.4) is 0 Å². The molecule has 3 rings (SSSR count). The fourth-order valence-electron chi connectivity index (χ4n) is 3.07. The number of hydrazone groups is 1. The van der Waals surface area contributed by atoms with Gasteiger partial charge in [-0.3, -0.25) is 9.59 Å².